The molecule has 0 radical (unpaired) electrons. The van der Waals surface area contributed by atoms with Crippen molar-refractivity contribution in [3.05, 3.63) is 160 Å². The van der Waals surface area contributed by atoms with Gasteiger partial charge in [-0.3, -0.25) is 0 Å². The highest BCUT2D eigenvalue weighted by atomic mass is 32.2. The molecule has 3 nitrogen and oxygen atoms in total. The maximum absolute atomic E-state index is 12.9. The quantitative estimate of drug-likeness (QED) is 0.208. The van der Waals surface area contributed by atoms with Crippen molar-refractivity contribution in [1.82, 2.24) is 0 Å². The zero-order valence-corrected chi connectivity index (χ0v) is 24.7. The highest BCUT2D eigenvalue weighted by Gasteiger charge is 2.17. The van der Waals surface area contributed by atoms with Crippen LogP contribution in [0.2, 0.25) is 0 Å². The molecule has 0 heterocycles. The van der Waals surface area contributed by atoms with E-state index in [4.69, 9.17) is 0 Å². The van der Waals surface area contributed by atoms with E-state index in [-0.39, 0.29) is 21.0 Å². The average Bonchev–Trinajstić information content (AvgIpc) is 2.95. The van der Waals surface area contributed by atoms with Gasteiger partial charge in [-0.2, -0.15) is 0 Å². The second kappa shape index (κ2) is 11.8. The van der Waals surface area contributed by atoms with Gasteiger partial charge in [-0.05, 0) is 100 Å². The van der Waals surface area contributed by atoms with Crippen molar-refractivity contribution in [3.8, 4) is 5.75 Å². The molecule has 0 amide bonds. The molecule has 5 aromatic rings. The molecule has 0 atom stereocenters. The monoisotopic (exact) mass is 560 g/mol. The summed E-state index contributed by atoms with van der Waals surface area (Å²) in [4.78, 5) is 0.408. The number of benzene rings is 5. The molecule has 0 aliphatic rings. The topological polar surface area (TPSA) is 54.4 Å². The molecule has 41 heavy (non-hydrogen) atoms. The van der Waals surface area contributed by atoms with Crippen LogP contribution in [0.15, 0.2) is 131 Å². The fourth-order valence-electron chi connectivity index (χ4n) is 4.93. The van der Waals surface area contributed by atoms with Crippen molar-refractivity contribution < 1.29 is 13.5 Å². The van der Waals surface area contributed by atoms with Crippen molar-refractivity contribution in [2.75, 3.05) is 0 Å². The first-order valence-electron chi connectivity index (χ1n) is 13.9. The fraction of sp³-hybridized carbons (Fsp3) is 0.189. The zero-order chi connectivity index (χ0) is 29.0. The van der Waals surface area contributed by atoms with E-state index in [1.807, 2.05) is 12.1 Å². The third-order valence-electron chi connectivity index (χ3n) is 7.47. The van der Waals surface area contributed by atoms with Crippen LogP contribution in [-0.2, 0) is 34.5 Å². The minimum absolute atomic E-state index is 0.0387. The Hall–Kier alpha value is -4.15. The maximum atomic E-state index is 12.9. The van der Waals surface area contributed by atoms with E-state index < -0.39 is 9.84 Å². The van der Waals surface area contributed by atoms with Crippen LogP contribution in [0.25, 0.3) is 0 Å². The Morgan fingerprint density at radius 1 is 0.463 bits per heavy atom. The first kappa shape index (κ1) is 28.4. The third kappa shape index (κ3) is 7.14. The summed E-state index contributed by atoms with van der Waals surface area (Å²) in [7, 11) is -3.62. The lowest BCUT2D eigenvalue weighted by Crippen LogP contribution is -2.10. The number of aromatic hydroxyl groups is 1. The second-order valence-electron chi connectivity index (χ2n) is 11.8. The summed E-state index contributed by atoms with van der Waals surface area (Å²) >= 11 is 0. The van der Waals surface area contributed by atoms with E-state index in [0.29, 0.717) is 0 Å². The van der Waals surface area contributed by atoms with Crippen molar-refractivity contribution >= 4 is 9.84 Å². The molecule has 0 fully saturated rings. The van der Waals surface area contributed by atoms with E-state index in [1.54, 1.807) is 12.1 Å². The van der Waals surface area contributed by atoms with Gasteiger partial charge in [0.2, 0.25) is 9.84 Å². The fourth-order valence-corrected chi connectivity index (χ4v) is 6.19. The van der Waals surface area contributed by atoms with Crippen LogP contribution in [0, 0.1) is 0 Å². The molecule has 0 aliphatic carbocycles. The number of hydrogen-bond acceptors (Lipinski definition) is 3. The van der Waals surface area contributed by atoms with Crippen molar-refractivity contribution in [3.63, 3.8) is 0 Å². The van der Waals surface area contributed by atoms with Crippen molar-refractivity contribution in [1.29, 1.82) is 0 Å². The Labute approximate surface area is 244 Å². The van der Waals surface area contributed by atoms with E-state index >= 15 is 0 Å². The summed E-state index contributed by atoms with van der Waals surface area (Å²) in [6.45, 7) is 6.72. The zero-order valence-electron chi connectivity index (χ0n) is 23.8. The van der Waals surface area contributed by atoms with Crippen LogP contribution >= 0.6 is 0 Å². The SMILES string of the molecule is CC(C)(C)c1ccc(Cc2ccc(Cc3ccc(Cc4ccc(S(=O)(=O)c5ccc(O)cc5)cc4)cc3)cc2)cc1. The number of sulfone groups is 1. The van der Waals surface area contributed by atoms with Gasteiger partial charge in [0.1, 0.15) is 5.75 Å². The molecule has 208 valence electrons. The molecule has 4 heteroatoms. The molecule has 5 aromatic carbocycles. The van der Waals surface area contributed by atoms with Gasteiger partial charge in [-0.15, -0.1) is 0 Å². The van der Waals surface area contributed by atoms with Crippen LogP contribution in [-0.4, -0.2) is 13.5 Å². The van der Waals surface area contributed by atoms with E-state index in [9.17, 15) is 13.5 Å². The summed E-state index contributed by atoms with van der Waals surface area (Å²) in [5.41, 5.74) is 8.94. The average molecular weight is 561 g/mol. The van der Waals surface area contributed by atoms with E-state index in [1.165, 1.54) is 57.6 Å². The molecular weight excluding hydrogens is 524 g/mol. The molecule has 0 bridgehead atoms. The number of hydrogen-bond donors (Lipinski definition) is 1. The highest BCUT2D eigenvalue weighted by Crippen LogP contribution is 2.25. The highest BCUT2D eigenvalue weighted by molar-refractivity contribution is 7.91. The Morgan fingerprint density at radius 3 is 1.05 bits per heavy atom. The molecule has 5 rings (SSSR count). The third-order valence-corrected chi connectivity index (χ3v) is 9.26. The molecule has 0 unspecified atom stereocenters. The first-order chi connectivity index (χ1) is 19.6. The second-order valence-corrected chi connectivity index (χ2v) is 13.7. The van der Waals surface area contributed by atoms with Gasteiger partial charge in [0.05, 0.1) is 9.79 Å². The van der Waals surface area contributed by atoms with Crippen molar-refractivity contribution in [2.45, 2.75) is 55.2 Å². The van der Waals surface area contributed by atoms with Gasteiger partial charge >= 0.3 is 0 Å². The summed E-state index contributed by atoms with van der Waals surface area (Å²) in [6.07, 6.45) is 2.54. The van der Waals surface area contributed by atoms with Crippen LogP contribution in [0.1, 0.15) is 59.7 Å². The Balaban J connectivity index is 1.17. The predicted octanol–water partition coefficient (Wildman–Crippen LogP) is 8.29. The molecule has 0 saturated carbocycles. The van der Waals surface area contributed by atoms with Gasteiger partial charge < -0.3 is 5.11 Å². The first-order valence-corrected chi connectivity index (χ1v) is 15.4. The van der Waals surface area contributed by atoms with Crippen molar-refractivity contribution in [2.24, 2.45) is 0 Å². The lowest BCUT2D eigenvalue weighted by Gasteiger charge is -2.19. The summed E-state index contributed by atoms with van der Waals surface area (Å²) in [5, 5.41) is 9.45. The van der Waals surface area contributed by atoms with E-state index in [2.05, 4.69) is 93.6 Å². The van der Waals surface area contributed by atoms with Gasteiger partial charge in [0.25, 0.3) is 0 Å². The normalized spacial score (nSPS) is 11.9. The summed E-state index contributed by atoms with van der Waals surface area (Å²) in [6, 6.07) is 39.1. The van der Waals surface area contributed by atoms with E-state index in [0.717, 1.165) is 24.8 Å². The summed E-state index contributed by atoms with van der Waals surface area (Å²) in [5.74, 6) is 0.0387. The maximum Gasteiger partial charge on any atom is 0.206 e. The van der Waals surface area contributed by atoms with Crippen LogP contribution < -0.4 is 0 Å². The molecule has 0 spiro atoms. The smallest absolute Gasteiger partial charge is 0.206 e. The van der Waals surface area contributed by atoms with Crippen LogP contribution in [0.3, 0.4) is 0 Å². The largest absolute Gasteiger partial charge is 0.508 e. The lowest BCUT2D eigenvalue weighted by atomic mass is 9.86. The molecular formula is C37H36O3S. The summed E-state index contributed by atoms with van der Waals surface area (Å²) < 4.78 is 25.7. The Kier molecular flexibility index (Phi) is 8.14. The molecule has 0 saturated heterocycles. The number of phenolic OH excluding ortho intramolecular Hbond substituents is 1. The van der Waals surface area contributed by atoms with Gasteiger partial charge in [0, 0.05) is 0 Å². The molecule has 0 aromatic heterocycles. The van der Waals surface area contributed by atoms with Gasteiger partial charge in [-0.25, -0.2) is 8.42 Å². The molecule has 0 aliphatic heterocycles. The van der Waals surface area contributed by atoms with Crippen LogP contribution in [0.4, 0.5) is 0 Å². The van der Waals surface area contributed by atoms with Gasteiger partial charge in [0.15, 0.2) is 0 Å². The number of rotatable bonds is 8. The Morgan fingerprint density at radius 2 is 0.732 bits per heavy atom. The lowest BCUT2D eigenvalue weighted by molar-refractivity contribution is 0.475. The minimum Gasteiger partial charge on any atom is -0.508 e. The van der Waals surface area contributed by atoms with Crippen LogP contribution in [0.5, 0.6) is 5.75 Å². The minimum atomic E-state index is -3.62. The number of phenols is 1. The molecule has 1 N–H and O–H groups in total. The predicted molar refractivity (Wildman–Crippen MR) is 166 cm³/mol. The van der Waals surface area contributed by atoms with Gasteiger partial charge in [-0.1, -0.05) is 106 Å². The standard InChI is InChI=1S/C37H36O3S/c1-37(2,3)33-16-12-31(13-17-33)25-29-8-4-27(5-9-29)24-28-6-10-30(11-7-28)26-32-14-20-35(21-15-32)41(39,40)36-22-18-34(38)19-23-36/h4-23,38H,24-26H2,1-3H3. The Bertz CT molecular complexity index is 1690.